The van der Waals surface area contributed by atoms with E-state index in [0.29, 0.717) is 6.42 Å². The van der Waals surface area contributed by atoms with Gasteiger partial charge in [0.25, 0.3) is 0 Å². The van der Waals surface area contributed by atoms with Gasteiger partial charge < -0.3 is 11.1 Å². The molecule has 5 N–H and O–H groups in total. The Morgan fingerprint density at radius 3 is 2.42 bits per heavy atom. The zero-order valence-corrected chi connectivity index (χ0v) is 11.8. The maximum Gasteiger partial charge on any atom is 0.241 e. The predicted octanol–water partition coefficient (Wildman–Crippen LogP) is 0.646. The minimum atomic E-state index is -3.88. The number of carbonyl (C=O) groups is 1. The van der Waals surface area contributed by atoms with E-state index in [4.69, 9.17) is 10.9 Å². The molecule has 1 unspecified atom stereocenters. The zero-order valence-electron chi connectivity index (χ0n) is 11.0. The van der Waals surface area contributed by atoms with Gasteiger partial charge in [-0.2, -0.15) is 0 Å². The van der Waals surface area contributed by atoms with Crippen LogP contribution in [0.3, 0.4) is 0 Å². The molecular weight excluding hydrogens is 266 g/mol. The van der Waals surface area contributed by atoms with Crippen LogP contribution >= 0.6 is 0 Å². The number of sulfonamides is 1. The second kappa shape index (κ2) is 6.14. The van der Waals surface area contributed by atoms with Crippen LogP contribution in [0.5, 0.6) is 0 Å². The first kappa shape index (κ1) is 15.6. The van der Waals surface area contributed by atoms with E-state index in [9.17, 15) is 13.2 Å². The number of hydrogen-bond acceptors (Lipinski definition) is 4. The summed E-state index contributed by atoms with van der Waals surface area (Å²) in [6, 6.07) is 5.26. The van der Waals surface area contributed by atoms with Crippen molar-refractivity contribution in [2.75, 3.05) is 5.32 Å². The molecule has 1 aromatic rings. The van der Waals surface area contributed by atoms with Gasteiger partial charge >= 0.3 is 0 Å². The number of nitrogens with two attached hydrogens (primary N) is 2. The number of amides is 1. The van der Waals surface area contributed by atoms with E-state index in [2.05, 4.69) is 5.32 Å². The van der Waals surface area contributed by atoms with Crippen LogP contribution in [-0.2, 0) is 14.8 Å². The van der Waals surface area contributed by atoms with Crippen molar-refractivity contribution in [1.82, 2.24) is 0 Å². The standard InChI is InChI=1S/C12H19N3O3S/c1-8(2)7-9(13)12(16)15-10-5-3-4-6-11(10)19(14,17)18/h3-6,8-9H,7,13H2,1-2H3,(H,15,16)(H2,14,17,18). The van der Waals surface area contributed by atoms with Crippen molar-refractivity contribution < 1.29 is 13.2 Å². The third kappa shape index (κ3) is 4.62. The largest absolute Gasteiger partial charge is 0.324 e. The lowest BCUT2D eigenvalue weighted by Crippen LogP contribution is -2.37. The Balaban J connectivity index is 2.92. The monoisotopic (exact) mass is 285 g/mol. The Hall–Kier alpha value is -1.44. The number of para-hydroxylation sites is 1. The Labute approximate surface area is 113 Å². The summed E-state index contributed by atoms with van der Waals surface area (Å²) >= 11 is 0. The number of nitrogens with one attached hydrogen (secondary N) is 1. The molecule has 0 bridgehead atoms. The molecule has 1 aromatic carbocycles. The normalized spacial score (nSPS) is 13.3. The maximum atomic E-state index is 11.9. The number of carbonyl (C=O) groups excluding carboxylic acids is 1. The molecular formula is C12H19N3O3S. The molecule has 0 saturated heterocycles. The van der Waals surface area contributed by atoms with Crippen molar-refractivity contribution in [3.05, 3.63) is 24.3 Å². The van der Waals surface area contributed by atoms with Gasteiger partial charge in [0.15, 0.2) is 0 Å². The molecule has 0 radical (unpaired) electrons. The number of benzene rings is 1. The molecule has 0 fully saturated rings. The van der Waals surface area contributed by atoms with Crippen LogP contribution in [0, 0.1) is 5.92 Å². The third-order valence-electron chi connectivity index (χ3n) is 2.51. The van der Waals surface area contributed by atoms with Crippen molar-refractivity contribution in [2.45, 2.75) is 31.2 Å². The smallest absolute Gasteiger partial charge is 0.241 e. The highest BCUT2D eigenvalue weighted by Gasteiger charge is 2.19. The summed E-state index contributed by atoms with van der Waals surface area (Å²) < 4.78 is 22.8. The van der Waals surface area contributed by atoms with Gasteiger partial charge in [0, 0.05) is 0 Å². The van der Waals surface area contributed by atoms with Gasteiger partial charge in [-0.1, -0.05) is 26.0 Å². The summed E-state index contributed by atoms with van der Waals surface area (Å²) in [6.45, 7) is 3.90. The lowest BCUT2D eigenvalue weighted by molar-refractivity contribution is -0.117. The molecule has 19 heavy (non-hydrogen) atoms. The first-order valence-electron chi connectivity index (χ1n) is 5.90. The van der Waals surface area contributed by atoms with E-state index in [1.807, 2.05) is 13.8 Å². The highest BCUT2D eigenvalue weighted by Crippen LogP contribution is 2.19. The van der Waals surface area contributed by atoms with E-state index in [1.165, 1.54) is 18.2 Å². The summed E-state index contributed by atoms with van der Waals surface area (Å²) in [5, 5.41) is 7.58. The molecule has 0 aliphatic rings. The molecule has 1 atom stereocenters. The molecule has 6 nitrogen and oxygen atoms in total. The number of anilines is 1. The van der Waals surface area contributed by atoms with Crippen LogP contribution in [-0.4, -0.2) is 20.4 Å². The molecule has 0 aliphatic carbocycles. The van der Waals surface area contributed by atoms with Crippen LogP contribution in [0.25, 0.3) is 0 Å². The average molecular weight is 285 g/mol. The fourth-order valence-corrected chi connectivity index (χ4v) is 2.35. The van der Waals surface area contributed by atoms with Gasteiger partial charge in [-0.05, 0) is 24.5 Å². The zero-order chi connectivity index (χ0) is 14.6. The molecule has 0 heterocycles. The highest BCUT2D eigenvalue weighted by atomic mass is 32.2. The van der Waals surface area contributed by atoms with Gasteiger partial charge in [0.2, 0.25) is 15.9 Å². The molecule has 0 aromatic heterocycles. The predicted molar refractivity (Wildman–Crippen MR) is 73.9 cm³/mol. The van der Waals surface area contributed by atoms with Crippen LogP contribution in [0.4, 0.5) is 5.69 Å². The summed E-state index contributed by atoms with van der Waals surface area (Å²) in [5.74, 6) is -0.154. The van der Waals surface area contributed by atoms with E-state index in [0.717, 1.165) is 0 Å². The average Bonchev–Trinajstić information content (AvgIpc) is 2.27. The lowest BCUT2D eigenvalue weighted by atomic mass is 10.0. The summed E-state index contributed by atoms with van der Waals surface area (Å²) in [6.07, 6.45) is 0.517. The van der Waals surface area contributed by atoms with Crippen LogP contribution in [0.2, 0.25) is 0 Å². The Kier molecular flexibility index (Phi) is 5.04. The van der Waals surface area contributed by atoms with E-state index < -0.39 is 22.0 Å². The lowest BCUT2D eigenvalue weighted by Gasteiger charge is -2.15. The van der Waals surface area contributed by atoms with Crippen molar-refractivity contribution in [2.24, 2.45) is 16.8 Å². The third-order valence-corrected chi connectivity index (χ3v) is 3.48. The topological polar surface area (TPSA) is 115 Å². The van der Waals surface area contributed by atoms with Crippen LogP contribution in [0.15, 0.2) is 29.2 Å². The fraction of sp³-hybridized carbons (Fsp3) is 0.417. The molecule has 1 rings (SSSR count). The quantitative estimate of drug-likeness (QED) is 0.736. The summed E-state index contributed by atoms with van der Waals surface area (Å²) in [4.78, 5) is 11.7. The molecule has 1 amide bonds. The van der Waals surface area contributed by atoms with Crippen LogP contribution < -0.4 is 16.2 Å². The molecule has 0 aliphatic heterocycles. The van der Waals surface area contributed by atoms with Crippen molar-refractivity contribution in [1.29, 1.82) is 0 Å². The second-order valence-electron chi connectivity index (χ2n) is 4.77. The van der Waals surface area contributed by atoms with E-state index in [-0.39, 0.29) is 16.5 Å². The van der Waals surface area contributed by atoms with Crippen LogP contribution in [0.1, 0.15) is 20.3 Å². The number of rotatable bonds is 5. The second-order valence-corrected chi connectivity index (χ2v) is 6.30. The number of primary sulfonamides is 1. The summed E-state index contributed by atoms with van der Waals surface area (Å²) in [7, 11) is -3.88. The Morgan fingerprint density at radius 1 is 1.32 bits per heavy atom. The van der Waals surface area contributed by atoms with Crippen molar-refractivity contribution >= 4 is 21.6 Å². The van der Waals surface area contributed by atoms with Gasteiger partial charge in [-0.25, -0.2) is 13.6 Å². The molecule has 0 spiro atoms. The van der Waals surface area contributed by atoms with Crippen molar-refractivity contribution in [3.8, 4) is 0 Å². The first-order chi connectivity index (χ1) is 8.71. The Morgan fingerprint density at radius 2 is 1.89 bits per heavy atom. The van der Waals surface area contributed by atoms with Gasteiger partial charge in [-0.3, -0.25) is 4.79 Å². The number of hydrogen-bond donors (Lipinski definition) is 3. The van der Waals surface area contributed by atoms with Gasteiger partial charge in [0.1, 0.15) is 4.90 Å². The molecule has 106 valence electrons. The van der Waals surface area contributed by atoms with E-state index in [1.54, 1.807) is 6.07 Å². The first-order valence-corrected chi connectivity index (χ1v) is 7.44. The molecule has 7 heteroatoms. The SMILES string of the molecule is CC(C)CC(N)C(=O)Nc1ccccc1S(N)(=O)=O. The highest BCUT2D eigenvalue weighted by molar-refractivity contribution is 7.89. The fourth-order valence-electron chi connectivity index (χ4n) is 1.66. The minimum Gasteiger partial charge on any atom is -0.324 e. The Bertz CT molecular complexity index is 555. The van der Waals surface area contributed by atoms with E-state index >= 15 is 0 Å². The van der Waals surface area contributed by atoms with Crippen molar-refractivity contribution in [3.63, 3.8) is 0 Å². The molecule has 0 saturated carbocycles. The van der Waals surface area contributed by atoms with Gasteiger partial charge in [-0.15, -0.1) is 0 Å². The van der Waals surface area contributed by atoms with Gasteiger partial charge in [0.05, 0.1) is 11.7 Å². The minimum absolute atomic E-state index is 0.125. The summed E-state index contributed by atoms with van der Waals surface area (Å²) in [5.41, 5.74) is 5.88. The maximum absolute atomic E-state index is 11.9.